The fraction of sp³-hybridized carbons (Fsp3) is 0.170. The van der Waals surface area contributed by atoms with Gasteiger partial charge in [0, 0.05) is 67.6 Å². The monoisotopic (exact) mass is 1100 g/mol. The summed E-state index contributed by atoms with van der Waals surface area (Å²) in [5, 5.41) is 0. The molecule has 2 aliphatic heterocycles. The van der Waals surface area contributed by atoms with Gasteiger partial charge in [-0.15, -0.1) is 22.1 Å². The van der Waals surface area contributed by atoms with Crippen molar-refractivity contribution in [3.05, 3.63) is 111 Å². The first-order chi connectivity index (χ1) is 33.1. The number of hydrogen-bond donors (Lipinski definition) is 0. The molecule has 346 valence electrons. The van der Waals surface area contributed by atoms with Gasteiger partial charge in [0.2, 0.25) is 0 Å². The fourth-order valence-electron chi connectivity index (χ4n) is 8.60. The Kier molecular flexibility index (Phi) is 14.4. The van der Waals surface area contributed by atoms with Crippen LogP contribution < -0.4 is 52.6 Å². The summed E-state index contributed by atoms with van der Waals surface area (Å²) in [6, 6.07) is 24.7. The van der Waals surface area contributed by atoms with E-state index < -0.39 is 0 Å². The molecule has 5 heterocycles. The zero-order valence-corrected chi connectivity index (χ0v) is 45.4. The maximum atomic E-state index is 6.10. The third-order valence-electron chi connectivity index (χ3n) is 11.7. The van der Waals surface area contributed by atoms with Crippen LogP contribution in [0, 0.1) is 0 Å². The summed E-state index contributed by atoms with van der Waals surface area (Å²) >= 11 is 7.73. The van der Waals surface area contributed by atoms with E-state index in [9.17, 15) is 0 Å². The molecule has 8 bridgehead atoms. The molecule has 2 aliphatic rings. The van der Waals surface area contributed by atoms with Gasteiger partial charge in [-0.1, -0.05) is 62.2 Å². The molecule has 0 N–H and O–H groups in total. The van der Waals surface area contributed by atoms with E-state index in [1.54, 1.807) is 76.1 Å². The molecule has 0 atom stereocenters. The topological polar surface area (TPSA) is 137 Å². The first kappa shape index (κ1) is 48.7. The summed E-state index contributed by atoms with van der Waals surface area (Å²) in [7, 11) is 14.4. The number of aromatic nitrogens is 4. The summed E-state index contributed by atoms with van der Waals surface area (Å²) in [6.45, 7) is 0. The zero-order chi connectivity index (χ0) is 47.8. The number of halogens is 2. The van der Waals surface area contributed by atoms with Gasteiger partial charge in [-0.05, 0) is 42.0 Å². The van der Waals surface area contributed by atoms with Crippen molar-refractivity contribution in [2.75, 3.05) is 64.0 Å². The maximum Gasteiger partial charge on any atom is 2.00 e. The number of fused-ring (bicyclic) bond motifs is 8. The predicted octanol–water partition coefficient (Wildman–Crippen LogP) is 12.2. The van der Waals surface area contributed by atoms with Gasteiger partial charge in [-0.3, -0.25) is 0 Å². The zero-order valence-electron chi connectivity index (χ0n) is 39.2. The quantitative estimate of drug-likeness (QED) is 0.101. The molecule has 0 saturated carbocycles. The van der Waals surface area contributed by atoms with Crippen LogP contribution in [0.5, 0.6) is 51.7 Å². The standard InChI is InChI=1S/C53H44Br2N4O9.Zn/c1-60-27-21-40(63-4)51(41(22-27)64-5)48-34-15-13-32(56-34)47(46-30(54)11-10-12-31(46)55)33-14-16-35(57-33)49(52-42(65-6)23-28(61-2)24-43(52)66-7)37-18-20-39(59-37)50(38-19-17-36(48)58-38)53-44(67-8)25-29(62-3)26-45(53)68-9;/h10-26H,1-9H3;/q-2;+2. The van der Waals surface area contributed by atoms with Crippen LogP contribution >= 0.6 is 31.9 Å². The molecule has 0 fully saturated rings. The van der Waals surface area contributed by atoms with E-state index in [0.29, 0.717) is 130 Å². The second-order valence-corrected chi connectivity index (χ2v) is 16.9. The number of methoxy groups -OCH3 is 9. The third-order valence-corrected chi connectivity index (χ3v) is 13.0. The van der Waals surface area contributed by atoms with Gasteiger partial charge in [0.1, 0.15) is 51.7 Å². The Labute approximate surface area is 428 Å². The second kappa shape index (κ2) is 20.5. The van der Waals surface area contributed by atoms with Crippen molar-refractivity contribution in [2.45, 2.75) is 0 Å². The van der Waals surface area contributed by atoms with Gasteiger partial charge < -0.3 is 52.6 Å². The Balaban J connectivity index is 0.00000642. The number of benzene rings is 4. The van der Waals surface area contributed by atoms with E-state index in [1.165, 1.54) is 0 Å². The van der Waals surface area contributed by atoms with Crippen LogP contribution in [0.4, 0.5) is 0 Å². The predicted molar refractivity (Wildman–Crippen MR) is 273 cm³/mol. The van der Waals surface area contributed by atoms with Crippen LogP contribution in [-0.2, 0) is 19.5 Å². The number of hydrogen-bond acceptors (Lipinski definition) is 11. The molecule has 0 spiro atoms. The minimum Gasteiger partial charge on any atom is -0.657 e. The average Bonchev–Trinajstić information content (AvgIpc) is 4.23. The first-order valence-corrected chi connectivity index (χ1v) is 22.6. The van der Waals surface area contributed by atoms with Crippen LogP contribution in [-0.4, -0.2) is 74.0 Å². The summed E-state index contributed by atoms with van der Waals surface area (Å²) in [5.41, 5.74) is 9.93. The van der Waals surface area contributed by atoms with E-state index in [2.05, 4.69) is 31.9 Å². The van der Waals surface area contributed by atoms with Crippen LogP contribution in [0.3, 0.4) is 0 Å². The Hall–Kier alpha value is -6.74. The van der Waals surface area contributed by atoms with Gasteiger partial charge in [0.25, 0.3) is 0 Å². The molecular weight excluding hydrogens is 1060 g/mol. The first-order valence-electron chi connectivity index (χ1n) is 21.0. The van der Waals surface area contributed by atoms with Crippen LogP contribution in [0.1, 0.15) is 22.8 Å². The van der Waals surface area contributed by atoms with Crippen molar-refractivity contribution in [2.24, 2.45) is 0 Å². The average molecular weight is 1110 g/mol. The molecule has 69 heavy (non-hydrogen) atoms. The minimum absolute atomic E-state index is 0. The van der Waals surface area contributed by atoms with E-state index in [-0.39, 0.29) is 19.5 Å². The Bertz CT molecular complexity index is 3130. The van der Waals surface area contributed by atoms with Crippen molar-refractivity contribution < 1.29 is 62.1 Å². The maximum absolute atomic E-state index is 6.10. The Morgan fingerprint density at radius 3 is 0.899 bits per heavy atom. The smallest absolute Gasteiger partial charge is 0.657 e. The van der Waals surface area contributed by atoms with Gasteiger partial charge in [-0.2, -0.15) is 0 Å². The van der Waals surface area contributed by atoms with E-state index in [4.69, 9.17) is 62.6 Å². The summed E-state index contributed by atoms with van der Waals surface area (Å²) in [4.78, 5) is 21.8. The molecule has 9 rings (SSSR count). The normalized spacial score (nSPS) is 11.5. The molecule has 3 aromatic heterocycles. The second-order valence-electron chi connectivity index (χ2n) is 15.2. The van der Waals surface area contributed by atoms with Gasteiger partial charge in [0.15, 0.2) is 0 Å². The van der Waals surface area contributed by atoms with Crippen LogP contribution in [0.2, 0.25) is 0 Å². The van der Waals surface area contributed by atoms with E-state index >= 15 is 0 Å². The molecular formula is C53H44Br2N4O9Zn. The molecule has 4 aromatic carbocycles. The van der Waals surface area contributed by atoms with Crippen molar-refractivity contribution in [3.8, 4) is 96.3 Å². The summed E-state index contributed by atoms with van der Waals surface area (Å²) < 4.78 is 55.3. The van der Waals surface area contributed by atoms with Crippen LogP contribution in [0.25, 0.3) is 90.9 Å². The van der Waals surface area contributed by atoms with Gasteiger partial charge in [-0.25, -0.2) is 9.97 Å². The van der Waals surface area contributed by atoms with Gasteiger partial charge >= 0.3 is 19.5 Å². The van der Waals surface area contributed by atoms with E-state index in [0.717, 1.165) is 20.1 Å². The Morgan fingerprint density at radius 1 is 0.333 bits per heavy atom. The molecule has 0 radical (unpaired) electrons. The number of rotatable bonds is 13. The van der Waals surface area contributed by atoms with E-state index in [1.807, 2.05) is 91.0 Å². The minimum atomic E-state index is 0. The van der Waals surface area contributed by atoms with Crippen LogP contribution in [0.15, 0.2) is 87.8 Å². The van der Waals surface area contributed by atoms with Crippen molar-refractivity contribution in [1.82, 2.24) is 19.9 Å². The largest absolute Gasteiger partial charge is 2.00 e. The molecule has 0 unspecified atom stereocenters. The summed E-state index contributed by atoms with van der Waals surface area (Å²) in [6.07, 6.45) is 7.76. The molecule has 7 aromatic rings. The SMILES string of the molecule is COc1cc(OC)c(-c2c3nc(c(-c4c(OC)cc(OC)cc4OC)c4ccc([n-]4)c(-c4c(Br)cccc4Br)c4ccc([n-]4)c(-c4c(OC)cc(OC)cc4OC)c4nc2C=C4)C=C3)c(OC)c1.[Zn+2]. The number of ether oxygens (including phenoxy) is 9. The summed E-state index contributed by atoms with van der Waals surface area (Å²) in [5.74, 6) is 4.50. The molecule has 0 aliphatic carbocycles. The number of nitrogens with zero attached hydrogens (tertiary/aromatic N) is 4. The van der Waals surface area contributed by atoms with Crippen molar-refractivity contribution in [1.29, 1.82) is 0 Å². The third kappa shape index (κ3) is 8.70. The van der Waals surface area contributed by atoms with Crippen molar-refractivity contribution >= 4 is 78.2 Å². The molecule has 0 saturated heterocycles. The van der Waals surface area contributed by atoms with Gasteiger partial charge in [0.05, 0.1) is 103 Å². The fourth-order valence-corrected chi connectivity index (χ4v) is 10.00. The molecule has 13 nitrogen and oxygen atoms in total. The van der Waals surface area contributed by atoms with Crippen molar-refractivity contribution in [3.63, 3.8) is 0 Å². The molecule has 0 amide bonds. The molecule has 16 heteroatoms. The Morgan fingerprint density at radius 2 is 0.609 bits per heavy atom.